The first-order valence-corrected chi connectivity index (χ1v) is 15.0. The predicted octanol–water partition coefficient (Wildman–Crippen LogP) is 4.24. The maximum atomic E-state index is 13.6. The zero-order valence-electron chi connectivity index (χ0n) is 24.7. The van der Waals surface area contributed by atoms with Crippen molar-refractivity contribution in [2.24, 2.45) is 0 Å². The molecule has 10 nitrogen and oxygen atoms in total. The number of carboxylic acid groups (broad SMARTS) is 2. The Kier molecular flexibility index (Phi) is 13.2. The van der Waals surface area contributed by atoms with Crippen LogP contribution in [-0.4, -0.2) is 109 Å². The number of hydrogen-bond acceptors (Lipinski definition) is 7. The van der Waals surface area contributed by atoms with Crippen LogP contribution in [0.5, 0.6) is 5.75 Å². The van der Waals surface area contributed by atoms with E-state index in [4.69, 9.17) is 24.5 Å². The quantitative estimate of drug-likeness (QED) is 0.449. The van der Waals surface area contributed by atoms with Crippen molar-refractivity contribution in [2.45, 2.75) is 55.7 Å². The van der Waals surface area contributed by atoms with Gasteiger partial charge in [-0.25, -0.2) is 18.0 Å². The molecule has 0 saturated carbocycles. The second-order valence-corrected chi connectivity index (χ2v) is 12.4. The largest absolute Gasteiger partial charge is 0.490 e. The average Bonchev–Trinajstić information content (AvgIpc) is 3.15. The molecule has 0 spiro atoms. The van der Waals surface area contributed by atoms with Crippen molar-refractivity contribution >= 4 is 22.0 Å². The van der Waals surface area contributed by atoms with Crippen LogP contribution < -0.4 is 4.74 Å². The molecular formula is C28H35F6N3O7S. The number of aryl methyl sites for hydroxylation is 1. The van der Waals surface area contributed by atoms with Crippen molar-refractivity contribution in [1.82, 2.24) is 14.1 Å². The molecule has 2 aromatic carbocycles. The number of carboxylic acids is 2. The SMILES string of the molecule is Cc1cccc(CN2CC[C@@H]3Oc4ccccc4S(=O)(=O)N(CCN(C)C)[C@H]3CC2)c1.O=C(O)C(F)(F)F.O=C(O)C(F)(F)F. The lowest BCUT2D eigenvalue weighted by molar-refractivity contribution is -0.193. The van der Waals surface area contributed by atoms with E-state index in [2.05, 4.69) is 36.1 Å². The summed E-state index contributed by atoms with van der Waals surface area (Å²) >= 11 is 0. The van der Waals surface area contributed by atoms with Gasteiger partial charge in [-0.2, -0.15) is 30.6 Å². The molecule has 0 aliphatic carbocycles. The van der Waals surface area contributed by atoms with E-state index in [1.54, 1.807) is 22.5 Å². The van der Waals surface area contributed by atoms with Crippen LogP contribution in [0.3, 0.4) is 0 Å². The third-order valence-corrected chi connectivity index (χ3v) is 8.69. The first-order valence-electron chi connectivity index (χ1n) is 13.5. The minimum absolute atomic E-state index is 0.150. The summed E-state index contributed by atoms with van der Waals surface area (Å²) in [5.41, 5.74) is 2.56. The van der Waals surface area contributed by atoms with Crippen LogP contribution in [0.2, 0.25) is 0 Å². The van der Waals surface area contributed by atoms with E-state index in [-0.39, 0.29) is 12.1 Å². The summed E-state index contributed by atoms with van der Waals surface area (Å²) in [5, 5.41) is 14.2. The summed E-state index contributed by atoms with van der Waals surface area (Å²) in [6.45, 7) is 5.87. The molecule has 0 amide bonds. The van der Waals surface area contributed by atoms with Gasteiger partial charge in [0.1, 0.15) is 16.7 Å². The lowest BCUT2D eigenvalue weighted by atomic mass is 10.1. The Bertz CT molecular complexity index is 1380. The smallest absolute Gasteiger partial charge is 0.487 e. The fourth-order valence-corrected chi connectivity index (χ4v) is 6.41. The van der Waals surface area contributed by atoms with Crippen LogP contribution in [0.4, 0.5) is 26.3 Å². The number of alkyl halides is 6. The highest BCUT2D eigenvalue weighted by Crippen LogP contribution is 2.36. The van der Waals surface area contributed by atoms with E-state index in [1.807, 2.05) is 25.1 Å². The molecule has 4 rings (SSSR count). The summed E-state index contributed by atoms with van der Waals surface area (Å²) < 4.78 is 98.8. The third-order valence-electron chi connectivity index (χ3n) is 6.73. The van der Waals surface area contributed by atoms with Crippen LogP contribution in [0.1, 0.15) is 24.0 Å². The van der Waals surface area contributed by atoms with Gasteiger partial charge < -0.3 is 19.8 Å². The molecule has 2 heterocycles. The van der Waals surface area contributed by atoms with Crippen molar-refractivity contribution in [3.63, 3.8) is 0 Å². The van der Waals surface area contributed by atoms with Gasteiger partial charge in [0.15, 0.2) is 0 Å². The molecule has 252 valence electrons. The van der Waals surface area contributed by atoms with E-state index in [1.165, 1.54) is 11.1 Å². The normalized spacial score (nSPS) is 20.0. The minimum atomic E-state index is -5.08. The van der Waals surface area contributed by atoms with Crippen LogP contribution in [0.25, 0.3) is 0 Å². The zero-order valence-corrected chi connectivity index (χ0v) is 25.5. The maximum absolute atomic E-state index is 13.6. The van der Waals surface area contributed by atoms with E-state index in [0.29, 0.717) is 23.7 Å². The Morgan fingerprint density at radius 1 is 0.933 bits per heavy atom. The number of hydrogen-bond donors (Lipinski definition) is 2. The number of sulfonamides is 1. The number of likely N-dealkylation sites (N-methyl/N-ethyl adjacent to an activating group) is 1. The predicted molar refractivity (Wildman–Crippen MR) is 150 cm³/mol. The van der Waals surface area contributed by atoms with Crippen molar-refractivity contribution in [2.75, 3.05) is 40.3 Å². The van der Waals surface area contributed by atoms with Gasteiger partial charge in [-0.05, 0) is 51.6 Å². The van der Waals surface area contributed by atoms with Crippen LogP contribution in [-0.2, 0) is 26.2 Å². The third kappa shape index (κ3) is 11.5. The molecule has 45 heavy (non-hydrogen) atoms. The summed E-state index contributed by atoms with van der Waals surface area (Å²) in [7, 11) is 0.330. The molecule has 2 N–H and O–H groups in total. The molecule has 17 heteroatoms. The molecule has 1 fully saturated rings. The minimum Gasteiger partial charge on any atom is -0.487 e. The second kappa shape index (κ2) is 15.7. The molecular weight excluding hydrogens is 636 g/mol. The van der Waals surface area contributed by atoms with Gasteiger partial charge in [0, 0.05) is 32.7 Å². The number of nitrogens with zero attached hydrogens (tertiary/aromatic N) is 3. The molecule has 0 bridgehead atoms. The number of carbonyl (C=O) groups is 2. The summed E-state index contributed by atoms with van der Waals surface area (Å²) in [6, 6.07) is 15.5. The van der Waals surface area contributed by atoms with Crippen molar-refractivity contribution in [3.05, 3.63) is 59.7 Å². The van der Waals surface area contributed by atoms with E-state index in [9.17, 15) is 34.8 Å². The van der Waals surface area contributed by atoms with Gasteiger partial charge in [-0.3, -0.25) is 4.90 Å². The number of ether oxygens (including phenoxy) is 1. The molecule has 0 radical (unpaired) electrons. The zero-order chi connectivity index (χ0) is 34.2. The fourth-order valence-electron chi connectivity index (χ4n) is 4.62. The maximum Gasteiger partial charge on any atom is 0.490 e. The molecule has 0 aromatic heterocycles. The Morgan fingerprint density at radius 2 is 1.49 bits per heavy atom. The summed E-state index contributed by atoms with van der Waals surface area (Å²) in [5.74, 6) is -5.03. The average molecular weight is 672 g/mol. The molecule has 1 saturated heterocycles. The Hall–Kier alpha value is -3.41. The Morgan fingerprint density at radius 3 is 2.02 bits per heavy atom. The number of para-hydroxylation sites is 1. The van der Waals surface area contributed by atoms with Gasteiger partial charge >= 0.3 is 24.3 Å². The number of aliphatic carboxylic acids is 2. The van der Waals surface area contributed by atoms with Gasteiger partial charge in [0.2, 0.25) is 10.0 Å². The van der Waals surface area contributed by atoms with Crippen LogP contribution >= 0.6 is 0 Å². The Balaban J connectivity index is 0.000000421. The standard InChI is InChI=1S/C24H33N3O3S.2C2HF3O2/c1-19-7-6-8-20(17-19)18-26-13-11-21-22(12-14-26)30-23-9-4-5-10-24(23)31(28,29)27(21)16-15-25(2)3;2*3-2(4,5)1(6)7/h4-10,17,21-22H,11-16,18H2,1-3H3;2*(H,6,7)/t21-,22-;;/m0../s1. The number of likely N-dealkylation sites (tertiary alicyclic amines) is 1. The fraction of sp³-hybridized carbons (Fsp3) is 0.500. The van der Waals surface area contributed by atoms with Crippen molar-refractivity contribution in [1.29, 1.82) is 0 Å². The van der Waals surface area contributed by atoms with Crippen molar-refractivity contribution < 1.29 is 59.3 Å². The lowest BCUT2D eigenvalue weighted by Crippen LogP contribution is -2.49. The van der Waals surface area contributed by atoms with Crippen LogP contribution in [0, 0.1) is 6.92 Å². The highest BCUT2D eigenvalue weighted by atomic mass is 32.2. The van der Waals surface area contributed by atoms with Crippen molar-refractivity contribution in [3.8, 4) is 5.75 Å². The molecule has 2 aliphatic rings. The first kappa shape index (κ1) is 37.8. The van der Waals surface area contributed by atoms with E-state index < -0.39 is 34.3 Å². The summed E-state index contributed by atoms with van der Waals surface area (Å²) in [6.07, 6.45) is -8.75. The highest BCUT2D eigenvalue weighted by Gasteiger charge is 2.43. The van der Waals surface area contributed by atoms with Gasteiger partial charge in [-0.15, -0.1) is 0 Å². The number of fused-ring (bicyclic) bond motifs is 2. The molecule has 2 atom stereocenters. The summed E-state index contributed by atoms with van der Waals surface area (Å²) in [4.78, 5) is 22.5. The topological polar surface area (TPSA) is 128 Å². The van der Waals surface area contributed by atoms with E-state index in [0.717, 1.165) is 32.5 Å². The van der Waals surface area contributed by atoms with Crippen LogP contribution in [0.15, 0.2) is 53.4 Å². The number of rotatable bonds is 5. The molecule has 2 aliphatic heterocycles. The first-order chi connectivity index (χ1) is 20.7. The molecule has 0 unspecified atom stereocenters. The lowest BCUT2D eigenvalue weighted by Gasteiger charge is -2.32. The monoisotopic (exact) mass is 671 g/mol. The van der Waals surface area contributed by atoms with Gasteiger partial charge in [-0.1, -0.05) is 42.0 Å². The van der Waals surface area contributed by atoms with Gasteiger partial charge in [0.05, 0.1) is 6.04 Å². The highest BCUT2D eigenvalue weighted by molar-refractivity contribution is 7.89. The second-order valence-electron chi connectivity index (χ2n) is 10.5. The number of benzene rings is 2. The van der Waals surface area contributed by atoms with E-state index >= 15 is 0 Å². The van der Waals surface area contributed by atoms with Gasteiger partial charge in [0.25, 0.3) is 0 Å². The number of halogens is 6. The Labute approximate surface area is 256 Å². The molecule has 2 aromatic rings.